The number of nitrogens with zero attached hydrogens (tertiary/aromatic N) is 4. The maximum Gasteiger partial charge on any atom is 0.259 e. The predicted octanol–water partition coefficient (Wildman–Crippen LogP) is 3.47. The molecule has 0 saturated carbocycles. The highest BCUT2D eigenvalue weighted by Crippen LogP contribution is 2.26. The average molecular weight is 500 g/mol. The molecule has 4 heterocycles. The summed E-state index contributed by atoms with van der Waals surface area (Å²) in [5, 5.41) is 3.60. The predicted molar refractivity (Wildman–Crippen MR) is 137 cm³/mol. The van der Waals surface area contributed by atoms with Crippen molar-refractivity contribution in [3.63, 3.8) is 0 Å². The second kappa shape index (κ2) is 10.1. The summed E-state index contributed by atoms with van der Waals surface area (Å²) in [4.78, 5) is 40.5. The van der Waals surface area contributed by atoms with Gasteiger partial charge < -0.3 is 14.6 Å². The minimum absolute atomic E-state index is 0. The van der Waals surface area contributed by atoms with Gasteiger partial charge in [-0.3, -0.25) is 19.5 Å². The number of hydrogen-bond donors (Lipinski definition) is 1. The summed E-state index contributed by atoms with van der Waals surface area (Å²) in [5.74, 6) is 1.24. The number of amides is 1. The molecule has 1 aromatic carbocycles. The zero-order chi connectivity index (χ0) is 22.9. The van der Waals surface area contributed by atoms with E-state index < -0.39 is 0 Å². The lowest BCUT2D eigenvalue weighted by Crippen LogP contribution is -2.48. The lowest BCUT2D eigenvalue weighted by Gasteiger charge is -2.34. The minimum atomic E-state index is -0.212. The number of carbonyl (C=O) groups is 1. The summed E-state index contributed by atoms with van der Waals surface area (Å²) >= 11 is 1.63. The summed E-state index contributed by atoms with van der Waals surface area (Å²) in [5.41, 5.74) is 1.95. The number of H-pyrrole nitrogens is 1. The number of carbonyl (C=O) groups excluding carboxylic acids is 1. The third-order valence-corrected chi connectivity index (χ3v) is 6.92. The van der Waals surface area contributed by atoms with Gasteiger partial charge in [-0.1, -0.05) is 0 Å². The van der Waals surface area contributed by atoms with Crippen LogP contribution < -0.4 is 10.3 Å². The van der Waals surface area contributed by atoms with Gasteiger partial charge in [0, 0.05) is 45.8 Å². The van der Waals surface area contributed by atoms with Crippen LogP contribution in [0.4, 0.5) is 0 Å². The summed E-state index contributed by atoms with van der Waals surface area (Å²) in [6, 6.07) is 7.64. The highest BCUT2D eigenvalue weighted by Gasteiger charge is 2.18. The van der Waals surface area contributed by atoms with Crippen molar-refractivity contribution in [1.82, 2.24) is 24.8 Å². The fourth-order valence-electron chi connectivity index (χ4n) is 4.16. The normalized spacial score (nSPS) is 14.4. The number of rotatable bonds is 5. The third kappa shape index (κ3) is 4.91. The van der Waals surface area contributed by atoms with E-state index in [9.17, 15) is 9.59 Å². The first kappa shape index (κ1) is 24.1. The molecule has 34 heavy (non-hydrogen) atoms. The summed E-state index contributed by atoms with van der Waals surface area (Å²) in [6.07, 6.45) is 1.81. The van der Waals surface area contributed by atoms with Gasteiger partial charge in [0.1, 0.15) is 18.1 Å². The van der Waals surface area contributed by atoms with Gasteiger partial charge in [0.15, 0.2) is 5.82 Å². The second-order valence-corrected chi connectivity index (χ2v) is 9.22. The molecule has 0 unspecified atom stereocenters. The fourth-order valence-corrected chi connectivity index (χ4v) is 4.90. The number of thiophene rings is 1. The SMILES string of the molecule is CC(=O)N1CCN(CCOc2cc(C)c3nc(-c4cc5ccsc5cn4)[nH]c(=O)c3c2)CC1.Cl. The number of pyridine rings is 1. The Kier molecular flexibility index (Phi) is 7.16. The zero-order valence-corrected chi connectivity index (χ0v) is 20.7. The number of aromatic nitrogens is 3. The Bertz CT molecular complexity index is 1390. The van der Waals surface area contributed by atoms with Crippen molar-refractivity contribution in [2.75, 3.05) is 39.3 Å². The molecule has 3 aromatic heterocycles. The van der Waals surface area contributed by atoms with Crippen molar-refractivity contribution in [3.8, 4) is 17.3 Å². The van der Waals surface area contributed by atoms with Crippen LogP contribution in [0.25, 0.3) is 32.5 Å². The maximum atomic E-state index is 12.9. The van der Waals surface area contributed by atoms with Crippen LogP contribution in [0, 0.1) is 6.92 Å². The summed E-state index contributed by atoms with van der Waals surface area (Å²) < 4.78 is 7.06. The lowest BCUT2D eigenvalue weighted by atomic mass is 10.1. The molecule has 1 saturated heterocycles. The molecule has 1 fully saturated rings. The Morgan fingerprint density at radius 2 is 2.00 bits per heavy atom. The Hall–Kier alpha value is -3.01. The highest BCUT2D eigenvalue weighted by atomic mass is 35.5. The number of piperazine rings is 1. The van der Waals surface area contributed by atoms with Crippen LogP contribution >= 0.6 is 23.7 Å². The third-order valence-electron chi connectivity index (χ3n) is 6.05. The molecular formula is C24H26ClN5O3S. The van der Waals surface area contributed by atoms with Gasteiger partial charge in [0.2, 0.25) is 5.91 Å². The molecular weight excluding hydrogens is 474 g/mol. The van der Waals surface area contributed by atoms with Crippen molar-refractivity contribution < 1.29 is 9.53 Å². The quantitative estimate of drug-likeness (QED) is 0.452. The van der Waals surface area contributed by atoms with E-state index in [2.05, 4.69) is 14.9 Å². The van der Waals surface area contributed by atoms with E-state index in [-0.39, 0.29) is 23.9 Å². The lowest BCUT2D eigenvalue weighted by molar-refractivity contribution is -0.130. The van der Waals surface area contributed by atoms with Crippen molar-refractivity contribution in [1.29, 1.82) is 0 Å². The molecule has 4 aromatic rings. The van der Waals surface area contributed by atoms with E-state index in [0.717, 1.165) is 48.4 Å². The Morgan fingerprint density at radius 1 is 1.21 bits per heavy atom. The molecule has 1 amide bonds. The Morgan fingerprint density at radius 3 is 2.76 bits per heavy atom. The number of halogens is 1. The maximum absolute atomic E-state index is 12.9. The standard InChI is InChI=1S/C24H25N5O3S.ClH/c1-15-11-18(32-9-8-28-4-6-29(7-5-28)16(2)30)13-19-22(15)26-23(27-24(19)31)20-12-17-3-10-33-21(17)14-25-20;/h3,10-14H,4-9H2,1-2H3,(H,26,27,31);1H. The van der Waals surface area contributed by atoms with Crippen LogP contribution in [0.5, 0.6) is 5.75 Å². The second-order valence-electron chi connectivity index (χ2n) is 8.28. The first-order chi connectivity index (χ1) is 16.0. The van der Waals surface area contributed by atoms with Gasteiger partial charge in [-0.25, -0.2) is 4.98 Å². The van der Waals surface area contributed by atoms with Gasteiger partial charge >= 0.3 is 0 Å². The van der Waals surface area contributed by atoms with E-state index in [1.807, 2.05) is 41.6 Å². The minimum Gasteiger partial charge on any atom is -0.492 e. The van der Waals surface area contributed by atoms with Crippen LogP contribution in [0.2, 0.25) is 0 Å². The van der Waals surface area contributed by atoms with E-state index in [1.165, 1.54) is 0 Å². The van der Waals surface area contributed by atoms with Crippen LogP contribution in [-0.2, 0) is 4.79 Å². The number of fused-ring (bicyclic) bond motifs is 2. The highest BCUT2D eigenvalue weighted by molar-refractivity contribution is 7.17. The molecule has 10 heteroatoms. The molecule has 8 nitrogen and oxygen atoms in total. The fraction of sp³-hybridized carbons (Fsp3) is 0.333. The number of hydrogen-bond acceptors (Lipinski definition) is 7. The molecule has 0 atom stereocenters. The molecule has 1 aliphatic heterocycles. The largest absolute Gasteiger partial charge is 0.492 e. The van der Waals surface area contributed by atoms with Crippen molar-refractivity contribution in [2.45, 2.75) is 13.8 Å². The number of ether oxygens (including phenoxy) is 1. The number of benzene rings is 1. The molecule has 1 N–H and O–H groups in total. The van der Waals surface area contributed by atoms with E-state index in [0.29, 0.717) is 34.8 Å². The topological polar surface area (TPSA) is 91.4 Å². The van der Waals surface area contributed by atoms with Gasteiger partial charge in [-0.15, -0.1) is 23.7 Å². The zero-order valence-electron chi connectivity index (χ0n) is 19.0. The van der Waals surface area contributed by atoms with Gasteiger partial charge in [0.05, 0.1) is 15.6 Å². The Balaban J connectivity index is 0.00000274. The molecule has 5 rings (SSSR count). The number of aryl methyl sites for hydroxylation is 1. The molecule has 0 aliphatic carbocycles. The van der Waals surface area contributed by atoms with Crippen LogP contribution in [0.3, 0.4) is 0 Å². The van der Waals surface area contributed by atoms with Crippen LogP contribution in [0.1, 0.15) is 12.5 Å². The Labute approximate surface area is 207 Å². The van der Waals surface area contributed by atoms with Crippen molar-refractivity contribution in [3.05, 3.63) is 51.8 Å². The van der Waals surface area contributed by atoms with Crippen molar-refractivity contribution >= 4 is 50.6 Å². The van der Waals surface area contributed by atoms with Crippen molar-refractivity contribution in [2.24, 2.45) is 0 Å². The number of aromatic amines is 1. The molecule has 1 aliphatic rings. The first-order valence-electron chi connectivity index (χ1n) is 11.0. The number of nitrogens with one attached hydrogen (secondary N) is 1. The van der Waals surface area contributed by atoms with Gasteiger partial charge in [0.25, 0.3) is 5.56 Å². The van der Waals surface area contributed by atoms with Crippen LogP contribution in [-0.4, -0.2) is 70.0 Å². The summed E-state index contributed by atoms with van der Waals surface area (Å²) in [7, 11) is 0. The molecule has 178 valence electrons. The average Bonchev–Trinajstić information content (AvgIpc) is 3.28. The van der Waals surface area contributed by atoms with E-state index >= 15 is 0 Å². The molecule has 0 radical (unpaired) electrons. The monoisotopic (exact) mass is 499 g/mol. The smallest absolute Gasteiger partial charge is 0.259 e. The van der Waals surface area contributed by atoms with Crippen LogP contribution in [0.15, 0.2) is 40.6 Å². The summed E-state index contributed by atoms with van der Waals surface area (Å²) in [6.45, 7) is 8.02. The van der Waals surface area contributed by atoms with Gasteiger partial charge in [-0.2, -0.15) is 0 Å². The van der Waals surface area contributed by atoms with E-state index in [4.69, 9.17) is 9.72 Å². The van der Waals surface area contributed by atoms with E-state index in [1.54, 1.807) is 24.3 Å². The molecule has 0 bridgehead atoms. The van der Waals surface area contributed by atoms with Gasteiger partial charge in [-0.05, 0) is 47.5 Å². The molecule has 0 spiro atoms. The first-order valence-corrected chi connectivity index (χ1v) is 11.8.